The number of nitrogens with zero attached hydrogens (tertiary/aromatic N) is 2. The van der Waals surface area contributed by atoms with Crippen molar-refractivity contribution < 1.29 is 13.9 Å². The Kier molecular flexibility index (Phi) is 6.31. The Morgan fingerprint density at radius 2 is 1.85 bits per heavy atom. The average Bonchev–Trinajstić information content (AvgIpc) is 3.34. The zero-order chi connectivity index (χ0) is 23.9. The topological polar surface area (TPSA) is 87.4 Å². The maximum absolute atomic E-state index is 13.0. The average molecular weight is 516 g/mol. The van der Waals surface area contributed by atoms with E-state index in [4.69, 9.17) is 28.3 Å². The van der Waals surface area contributed by atoms with Gasteiger partial charge in [-0.1, -0.05) is 53.5 Å². The van der Waals surface area contributed by atoms with Gasteiger partial charge in [-0.05, 0) is 48.4 Å². The van der Waals surface area contributed by atoms with Crippen LogP contribution in [0.25, 0.3) is 22.2 Å². The summed E-state index contributed by atoms with van der Waals surface area (Å²) < 4.78 is 21.6. The molecule has 5 rings (SSSR count). The van der Waals surface area contributed by atoms with Gasteiger partial charge in [-0.2, -0.15) is 15.7 Å². The lowest BCUT2D eigenvalue weighted by Crippen LogP contribution is -2.35. The van der Waals surface area contributed by atoms with Gasteiger partial charge >= 0.3 is 0 Å². The van der Waals surface area contributed by atoms with Crippen molar-refractivity contribution in [2.45, 2.75) is 19.0 Å². The third-order valence-electron chi connectivity index (χ3n) is 5.98. The summed E-state index contributed by atoms with van der Waals surface area (Å²) in [6.07, 6.45) is 0.557. The summed E-state index contributed by atoms with van der Waals surface area (Å²) in [6, 6.07) is 20.3. The van der Waals surface area contributed by atoms with E-state index in [1.54, 1.807) is 6.07 Å². The first kappa shape index (κ1) is 23.2. The van der Waals surface area contributed by atoms with Gasteiger partial charge < -0.3 is 5.32 Å². The summed E-state index contributed by atoms with van der Waals surface area (Å²) in [5, 5.41) is 9.94. The minimum Gasteiger partial charge on any atom is -0.348 e. The van der Waals surface area contributed by atoms with E-state index in [1.807, 2.05) is 65.3 Å². The highest BCUT2D eigenvalue weighted by Gasteiger charge is 2.29. The first-order chi connectivity index (χ1) is 16.3. The van der Waals surface area contributed by atoms with E-state index in [0.717, 1.165) is 27.7 Å². The van der Waals surface area contributed by atoms with Gasteiger partial charge in [-0.3, -0.25) is 18.6 Å². The van der Waals surface area contributed by atoms with Crippen molar-refractivity contribution in [3.8, 4) is 11.3 Å². The van der Waals surface area contributed by atoms with Crippen LogP contribution in [0.15, 0.2) is 66.7 Å². The largest absolute Gasteiger partial charge is 0.348 e. The van der Waals surface area contributed by atoms with E-state index >= 15 is 0 Å². The number of aromatic nitrogens is 2. The first-order valence-corrected chi connectivity index (χ1v) is 13.5. The van der Waals surface area contributed by atoms with Gasteiger partial charge in [0.05, 0.1) is 22.8 Å². The maximum atomic E-state index is 13.0. The van der Waals surface area contributed by atoms with E-state index in [0.29, 0.717) is 34.3 Å². The van der Waals surface area contributed by atoms with Gasteiger partial charge in [0.1, 0.15) is 5.69 Å². The SMILES string of the molecule is O=C(NC1CCS(O)(O)C1)c1ccc2c(-c3ccccc3Cl)nn(Cc3ccc(Cl)cc3)c2c1. The number of hydrogen-bond acceptors (Lipinski definition) is 4. The second-order valence-corrected chi connectivity index (χ2v) is 11.7. The van der Waals surface area contributed by atoms with Crippen LogP contribution in [0, 0.1) is 0 Å². The molecule has 9 heteroatoms. The van der Waals surface area contributed by atoms with Crippen LogP contribution in [0.2, 0.25) is 10.0 Å². The number of nitrogens with one attached hydrogen (secondary N) is 1. The molecule has 0 saturated carbocycles. The fourth-order valence-electron chi connectivity index (χ4n) is 4.25. The van der Waals surface area contributed by atoms with Crippen LogP contribution in [0.5, 0.6) is 0 Å². The van der Waals surface area contributed by atoms with Gasteiger partial charge in [-0.25, -0.2) is 0 Å². The van der Waals surface area contributed by atoms with Crippen LogP contribution >= 0.6 is 33.8 Å². The molecule has 0 aliphatic carbocycles. The molecule has 0 spiro atoms. The van der Waals surface area contributed by atoms with E-state index in [-0.39, 0.29) is 17.7 Å². The van der Waals surface area contributed by atoms with Crippen LogP contribution in [0.1, 0.15) is 22.3 Å². The van der Waals surface area contributed by atoms with Crippen molar-refractivity contribution in [1.29, 1.82) is 0 Å². The predicted octanol–water partition coefficient (Wildman–Crippen LogP) is 6.31. The quantitative estimate of drug-likeness (QED) is 0.290. The Balaban J connectivity index is 1.54. The molecule has 1 unspecified atom stereocenters. The summed E-state index contributed by atoms with van der Waals surface area (Å²) in [5.41, 5.74) is 3.86. The molecule has 1 fully saturated rings. The van der Waals surface area contributed by atoms with Gasteiger partial charge in [-0.15, -0.1) is 0 Å². The predicted molar refractivity (Wildman–Crippen MR) is 139 cm³/mol. The highest BCUT2D eigenvalue weighted by atomic mass is 35.5. The molecule has 176 valence electrons. The lowest BCUT2D eigenvalue weighted by molar-refractivity contribution is 0.0941. The standard InChI is InChI=1S/C25H23Cl2N3O3S/c26-18-8-5-16(6-9-18)14-30-23-13-17(25(31)28-19-11-12-34(32,33)15-19)7-10-21(23)24(29-30)20-3-1-2-4-22(20)27/h1-10,13,19,32-33H,11-12,14-15H2,(H,28,31). The van der Waals surface area contributed by atoms with Crippen molar-refractivity contribution in [1.82, 2.24) is 15.1 Å². The van der Waals surface area contributed by atoms with E-state index in [2.05, 4.69) is 5.32 Å². The molecule has 2 heterocycles. The summed E-state index contributed by atoms with van der Waals surface area (Å²) in [6.45, 7) is 0.493. The highest BCUT2D eigenvalue weighted by molar-refractivity contribution is 8.24. The lowest BCUT2D eigenvalue weighted by Gasteiger charge is -2.26. The van der Waals surface area contributed by atoms with Crippen LogP contribution in [0.4, 0.5) is 0 Å². The van der Waals surface area contributed by atoms with Crippen molar-refractivity contribution >= 4 is 50.6 Å². The molecular formula is C25H23Cl2N3O3S. The second-order valence-electron chi connectivity index (χ2n) is 8.48. The maximum Gasteiger partial charge on any atom is 0.251 e. The number of amides is 1. The van der Waals surface area contributed by atoms with Crippen molar-refractivity contribution in [2.24, 2.45) is 0 Å². The molecule has 6 nitrogen and oxygen atoms in total. The molecule has 1 saturated heterocycles. The zero-order valence-electron chi connectivity index (χ0n) is 18.1. The summed E-state index contributed by atoms with van der Waals surface area (Å²) in [4.78, 5) is 13.0. The third-order valence-corrected chi connectivity index (χ3v) is 8.39. The molecule has 1 amide bonds. The fourth-order valence-corrected chi connectivity index (χ4v) is 6.33. The molecule has 34 heavy (non-hydrogen) atoms. The normalized spacial score (nSPS) is 18.2. The monoisotopic (exact) mass is 515 g/mol. The number of benzene rings is 3. The Hall–Kier alpha value is -2.55. The lowest BCUT2D eigenvalue weighted by atomic mass is 10.1. The van der Waals surface area contributed by atoms with Crippen LogP contribution in [-0.4, -0.2) is 42.3 Å². The van der Waals surface area contributed by atoms with Crippen LogP contribution in [-0.2, 0) is 6.54 Å². The van der Waals surface area contributed by atoms with E-state index in [1.165, 1.54) is 0 Å². The Morgan fingerprint density at radius 3 is 2.56 bits per heavy atom. The van der Waals surface area contributed by atoms with E-state index < -0.39 is 10.6 Å². The second kappa shape index (κ2) is 9.24. The van der Waals surface area contributed by atoms with Crippen LogP contribution in [0.3, 0.4) is 0 Å². The number of carbonyl (C=O) groups excluding carboxylic acids is 1. The van der Waals surface area contributed by atoms with Gasteiger partial charge in [0, 0.05) is 33.3 Å². The van der Waals surface area contributed by atoms with E-state index in [9.17, 15) is 13.9 Å². The number of hydrogen-bond donors (Lipinski definition) is 3. The molecule has 1 aliphatic heterocycles. The number of halogens is 2. The minimum absolute atomic E-state index is 0.201. The molecule has 3 N–H and O–H groups in total. The van der Waals surface area contributed by atoms with Crippen molar-refractivity contribution in [2.75, 3.05) is 11.5 Å². The smallest absolute Gasteiger partial charge is 0.251 e. The van der Waals surface area contributed by atoms with Crippen molar-refractivity contribution in [3.05, 3.63) is 87.9 Å². The number of carbonyl (C=O) groups is 1. The molecule has 0 bridgehead atoms. The zero-order valence-corrected chi connectivity index (χ0v) is 20.4. The van der Waals surface area contributed by atoms with Gasteiger partial charge in [0.15, 0.2) is 0 Å². The fraction of sp³-hybridized carbons (Fsp3) is 0.200. The number of fused-ring (bicyclic) bond motifs is 1. The minimum atomic E-state index is -2.58. The molecule has 1 aliphatic rings. The third kappa shape index (κ3) is 4.80. The Labute approximate surface area is 208 Å². The Morgan fingerprint density at radius 1 is 1.09 bits per heavy atom. The highest BCUT2D eigenvalue weighted by Crippen LogP contribution is 2.45. The summed E-state index contributed by atoms with van der Waals surface area (Å²) in [7, 11) is -2.58. The van der Waals surface area contributed by atoms with Gasteiger partial charge in [0.25, 0.3) is 5.91 Å². The molecule has 1 aromatic heterocycles. The number of rotatable bonds is 5. The molecular weight excluding hydrogens is 493 g/mol. The molecule has 1 atom stereocenters. The van der Waals surface area contributed by atoms with Crippen LogP contribution < -0.4 is 5.32 Å². The molecule has 4 aromatic rings. The summed E-state index contributed by atoms with van der Waals surface area (Å²) in [5.74, 6) is 0.278. The summed E-state index contributed by atoms with van der Waals surface area (Å²) >= 11 is 12.5. The Bertz CT molecular complexity index is 1370. The molecule has 3 aromatic carbocycles. The van der Waals surface area contributed by atoms with Gasteiger partial charge in [0.2, 0.25) is 0 Å². The first-order valence-electron chi connectivity index (χ1n) is 10.8. The van der Waals surface area contributed by atoms with Crippen molar-refractivity contribution in [3.63, 3.8) is 0 Å². The molecule has 0 radical (unpaired) electrons.